The summed E-state index contributed by atoms with van der Waals surface area (Å²) in [5.74, 6) is 0.725. The van der Waals surface area contributed by atoms with Gasteiger partial charge in [0.2, 0.25) is 5.91 Å². The van der Waals surface area contributed by atoms with Crippen LogP contribution in [0.4, 0.5) is 0 Å². The van der Waals surface area contributed by atoms with Crippen LogP contribution in [0.5, 0.6) is 0 Å². The number of nitrogens with zero attached hydrogens (tertiary/aromatic N) is 3. The molecular weight excluding hydrogens is 300 g/mol. The van der Waals surface area contributed by atoms with Crippen LogP contribution in [-0.4, -0.2) is 20.9 Å². The molecule has 2 heterocycles. The maximum atomic E-state index is 12.2. The van der Waals surface area contributed by atoms with Crippen molar-refractivity contribution in [2.75, 3.05) is 0 Å². The fourth-order valence-corrected chi connectivity index (χ4v) is 3.15. The van der Waals surface area contributed by atoms with Crippen LogP contribution < -0.4 is 5.32 Å². The maximum absolute atomic E-state index is 12.2. The lowest BCUT2D eigenvalue weighted by molar-refractivity contribution is -0.125. The van der Waals surface area contributed by atoms with E-state index in [0.717, 1.165) is 29.7 Å². The summed E-state index contributed by atoms with van der Waals surface area (Å²) in [6.07, 6.45) is 7.15. The van der Waals surface area contributed by atoms with E-state index in [1.807, 2.05) is 32.2 Å². The number of hydrogen-bond acceptors (Lipinski definition) is 4. The first-order chi connectivity index (χ1) is 11.4. The van der Waals surface area contributed by atoms with Gasteiger partial charge in [0.05, 0.1) is 11.7 Å². The van der Waals surface area contributed by atoms with Gasteiger partial charge in [-0.2, -0.15) is 0 Å². The number of pyridine rings is 1. The summed E-state index contributed by atoms with van der Waals surface area (Å²) in [5.41, 5.74) is 3.05. The van der Waals surface area contributed by atoms with Crippen molar-refractivity contribution in [2.45, 2.75) is 46.6 Å². The predicted octanol–water partition coefficient (Wildman–Crippen LogP) is 3.32. The number of hydrogen-bond donors (Lipinski definition) is 1. The van der Waals surface area contributed by atoms with Crippen LogP contribution >= 0.6 is 0 Å². The van der Waals surface area contributed by atoms with Crippen molar-refractivity contribution in [3.05, 3.63) is 42.0 Å². The molecule has 1 amide bonds. The molecule has 2 aromatic heterocycles. The van der Waals surface area contributed by atoms with Gasteiger partial charge in [-0.15, -0.1) is 0 Å². The molecule has 5 heteroatoms. The summed E-state index contributed by atoms with van der Waals surface area (Å²) in [4.78, 5) is 25.6. The van der Waals surface area contributed by atoms with Gasteiger partial charge in [0.25, 0.3) is 0 Å². The number of nitrogens with one attached hydrogen (secondary N) is 1. The standard InChI is InChI=1S/C19H24N4O/c1-12(2)18(24)23-16-9-19(3,4)8-15-14(16)11-21-17(22-15)13-6-5-7-20-10-13/h5-7,10-12,16H,8-9H2,1-4H3,(H,23,24)/t16-/m1/s1. The fourth-order valence-electron chi connectivity index (χ4n) is 3.15. The van der Waals surface area contributed by atoms with Gasteiger partial charge in [-0.05, 0) is 30.4 Å². The number of aromatic nitrogens is 3. The van der Waals surface area contributed by atoms with Gasteiger partial charge in [-0.1, -0.05) is 27.7 Å². The first-order valence-electron chi connectivity index (χ1n) is 8.42. The Morgan fingerprint density at radius 1 is 1.33 bits per heavy atom. The normalized spacial score (nSPS) is 19.0. The molecule has 0 radical (unpaired) electrons. The van der Waals surface area contributed by atoms with Crippen LogP contribution in [0.2, 0.25) is 0 Å². The lowest BCUT2D eigenvalue weighted by Crippen LogP contribution is -2.38. The van der Waals surface area contributed by atoms with E-state index in [4.69, 9.17) is 4.98 Å². The van der Waals surface area contributed by atoms with Gasteiger partial charge < -0.3 is 5.32 Å². The van der Waals surface area contributed by atoms with Crippen LogP contribution in [-0.2, 0) is 11.2 Å². The summed E-state index contributed by atoms with van der Waals surface area (Å²) in [5, 5.41) is 3.16. The van der Waals surface area contributed by atoms with Crippen LogP contribution in [0.1, 0.15) is 51.4 Å². The van der Waals surface area contributed by atoms with Gasteiger partial charge >= 0.3 is 0 Å². The highest BCUT2D eigenvalue weighted by atomic mass is 16.1. The number of rotatable bonds is 3. The van der Waals surface area contributed by atoms with Gasteiger partial charge in [-0.25, -0.2) is 9.97 Å². The lowest BCUT2D eigenvalue weighted by Gasteiger charge is -2.36. The van der Waals surface area contributed by atoms with Crippen molar-refractivity contribution in [2.24, 2.45) is 11.3 Å². The van der Waals surface area contributed by atoms with E-state index in [1.54, 1.807) is 12.4 Å². The van der Waals surface area contributed by atoms with E-state index in [9.17, 15) is 4.79 Å². The van der Waals surface area contributed by atoms with E-state index >= 15 is 0 Å². The molecule has 126 valence electrons. The zero-order valence-corrected chi connectivity index (χ0v) is 14.7. The molecule has 1 N–H and O–H groups in total. The molecular formula is C19H24N4O. The average Bonchev–Trinajstić information content (AvgIpc) is 2.54. The molecule has 24 heavy (non-hydrogen) atoms. The first kappa shape index (κ1) is 16.6. The van der Waals surface area contributed by atoms with E-state index in [-0.39, 0.29) is 23.3 Å². The Hall–Kier alpha value is -2.30. The summed E-state index contributed by atoms with van der Waals surface area (Å²) in [6.45, 7) is 8.26. The molecule has 5 nitrogen and oxygen atoms in total. The highest BCUT2D eigenvalue weighted by molar-refractivity contribution is 5.78. The van der Waals surface area contributed by atoms with E-state index < -0.39 is 0 Å². The Kier molecular flexibility index (Phi) is 4.35. The minimum atomic E-state index is -0.0333. The molecule has 0 unspecified atom stereocenters. The highest BCUT2D eigenvalue weighted by Crippen LogP contribution is 2.40. The summed E-state index contributed by atoms with van der Waals surface area (Å²) in [6, 6.07) is 3.82. The number of carbonyl (C=O) groups is 1. The Bertz CT molecular complexity index is 740. The second-order valence-corrected chi connectivity index (χ2v) is 7.60. The SMILES string of the molecule is CC(C)C(=O)N[C@@H]1CC(C)(C)Cc2nc(-c3cccnc3)ncc21. The second kappa shape index (κ2) is 6.30. The smallest absolute Gasteiger partial charge is 0.223 e. The van der Waals surface area contributed by atoms with E-state index in [1.165, 1.54) is 0 Å². The molecule has 0 aromatic carbocycles. The van der Waals surface area contributed by atoms with Crippen LogP contribution in [0.3, 0.4) is 0 Å². The minimum Gasteiger partial charge on any atom is -0.349 e. The Morgan fingerprint density at radius 2 is 2.12 bits per heavy atom. The quantitative estimate of drug-likeness (QED) is 0.940. The lowest BCUT2D eigenvalue weighted by atomic mass is 9.74. The number of amides is 1. The van der Waals surface area contributed by atoms with Crippen molar-refractivity contribution >= 4 is 5.91 Å². The second-order valence-electron chi connectivity index (χ2n) is 7.60. The van der Waals surface area contributed by atoms with Gasteiger partial charge in [0, 0.05) is 35.6 Å². The van der Waals surface area contributed by atoms with Crippen LogP contribution in [0.25, 0.3) is 11.4 Å². The molecule has 0 bridgehead atoms. The summed E-state index contributed by atoms with van der Waals surface area (Å²) in [7, 11) is 0. The molecule has 3 rings (SSSR count). The number of fused-ring (bicyclic) bond motifs is 1. The fraction of sp³-hybridized carbons (Fsp3) is 0.474. The monoisotopic (exact) mass is 324 g/mol. The van der Waals surface area contributed by atoms with Crippen molar-refractivity contribution in [3.8, 4) is 11.4 Å². The third kappa shape index (κ3) is 3.45. The van der Waals surface area contributed by atoms with Crippen LogP contribution in [0.15, 0.2) is 30.7 Å². The van der Waals surface area contributed by atoms with Crippen molar-refractivity contribution < 1.29 is 4.79 Å². The third-order valence-electron chi connectivity index (χ3n) is 4.44. The molecule has 1 aliphatic rings. The van der Waals surface area contributed by atoms with Gasteiger partial charge in [0.1, 0.15) is 0 Å². The maximum Gasteiger partial charge on any atom is 0.223 e. The third-order valence-corrected chi connectivity index (χ3v) is 4.44. The van der Waals surface area contributed by atoms with E-state index in [2.05, 4.69) is 29.1 Å². The van der Waals surface area contributed by atoms with Crippen LogP contribution in [0, 0.1) is 11.3 Å². The molecule has 0 saturated carbocycles. The van der Waals surface area contributed by atoms with Crippen molar-refractivity contribution in [1.82, 2.24) is 20.3 Å². The number of carbonyl (C=O) groups excluding carboxylic acids is 1. The largest absolute Gasteiger partial charge is 0.349 e. The summed E-state index contributed by atoms with van der Waals surface area (Å²) < 4.78 is 0. The molecule has 1 atom stereocenters. The zero-order valence-electron chi connectivity index (χ0n) is 14.7. The summed E-state index contributed by atoms with van der Waals surface area (Å²) >= 11 is 0. The Morgan fingerprint density at radius 3 is 2.79 bits per heavy atom. The zero-order chi connectivity index (χ0) is 17.3. The van der Waals surface area contributed by atoms with Crippen molar-refractivity contribution in [3.63, 3.8) is 0 Å². The molecule has 0 fully saturated rings. The minimum absolute atomic E-state index is 0.0263. The Balaban J connectivity index is 1.97. The first-order valence-corrected chi connectivity index (χ1v) is 8.42. The molecule has 0 aliphatic heterocycles. The average molecular weight is 324 g/mol. The molecule has 1 aliphatic carbocycles. The predicted molar refractivity (Wildman–Crippen MR) is 93.1 cm³/mol. The molecule has 0 spiro atoms. The van der Waals surface area contributed by atoms with E-state index in [0.29, 0.717) is 5.82 Å². The van der Waals surface area contributed by atoms with Gasteiger partial charge in [0.15, 0.2) is 5.82 Å². The van der Waals surface area contributed by atoms with Crippen molar-refractivity contribution in [1.29, 1.82) is 0 Å². The topological polar surface area (TPSA) is 67.8 Å². The highest BCUT2D eigenvalue weighted by Gasteiger charge is 2.34. The molecule has 2 aromatic rings. The Labute approximate surface area is 143 Å². The van der Waals surface area contributed by atoms with Gasteiger partial charge in [-0.3, -0.25) is 9.78 Å². The molecule has 0 saturated heterocycles.